The summed E-state index contributed by atoms with van der Waals surface area (Å²) in [6.07, 6.45) is 4.74. The number of hydrogen-bond acceptors (Lipinski definition) is 3. The van der Waals surface area contributed by atoms with Crippen LogP contribution in [0.5, 0.6) is 0 Å². The lowest BCUT2D eigenvalue weighted by molar-refractivity contribution is 0.0932. The summed E-state index contributed by atoms with van der Waals surface area (Å²) in [4.78, 5) is 20.7. The number of rotatable bonds is 7. The van der Waals surface area contributed by atoms with Gasteiger partial charge in [0, 0.05) is 12.0 Å². The summed E-state index contributed by atoms with van der Waals surface area (Å²) in [5.74, 6) is 1.27. The van der Waals surface area contributed by atoms with Gasteiger partial charge in [0.15, 0.2) is 0 Å². The molecule has 1 aromatic rings. The SMILES string of the molecule is CC(C)CCCC(C)NC(=O)c1nc(C(C)C)ncc1Cl. The molecule has 0 fully saturated rings. The van der Waals surface area contributed by atoms with Crippen molar-refractivity contribution in [2.75, 3.05) is 0 Å². The Labute approximate surface area is 132 Å². The van der Waals surface area contributed by atoms with E-state index in [1.54, 1.807) is 0 Å². The monoisotopic (exact) mass is 311 g/mol. The maximum Gasteiger partial charge on any atom is 0.271 e. The summed E-state index contributed by atoms with van der Waals surface area (Å²) in [5, 5.41) is 3.26. The molecule has 0 radical (unpaired) electrons. The van der Waals surface area contributed by atoms with Crippen LogP contribution in [0.4, 0.5) is 0 Å². The topological polar surface area (TPSA) is 54.9 Å². The number of hydrogen-bond donors (Lipinski definition) is 1. The molecule has 5 heteroatoms. The van der Waals surface area contributed by atoms with Crippen LogP contribution in [0, 0.1) is 5.92 Å². The van der Waals surface area contributed by atoms with Crippen LogP contribution < -0.4 is 5.32 Å². The van der Waals surface area contributed by atoms with Crippen molar-refractivity contribution < 1.29 is 4.79 Å². The molecule has 1 amide bonds. The molecule has 21 heavy (non-hydrogen) atoms. The summed E-state index contributed by atoms with van der Waals surface area (Å²) < 4.78 is 0. The molecular formula is C16H26ClN3O. The number of carbonyl (C=O) groups excluding carboxylic acids is 1. The number of halogens is 1. The fourth-order valence-electron chi connectivity index (χ4n) is 2.01. The standard InChI is InChI=1S/C16H26ClN3O/c1-10(2)7-6-8-12(5)19-16(21)14-13(17)9-18-15(20-14)11(3)4/h9-12H,6-8H2,1-5H3,(H,19,21). The highest BCUT2D eigenvalue weighted by atomic mass is 35.5. The molecule has 1 heterocycles. The van der Waals surface area contributed by atoms with Crippen LogP contribution in [0.1, 0.15) is 76.1 Å². The van der Waals surface area contributed by atoms with Gasteiger partial charge in [-0.05, 0) is 19.3 Å². The summed E-state index contributed by atoms with van der Waals surface area (Å²) in [6, 6.07) is 0.116. The van der Waals surface area contributed by atoms with Gasteiger partial charge in [-0.1, -0.05) is 52.1 Å². The summed E-state index contributed by atoms with van der Waals surface area (Å²) in [5.41, 5.74) is 0.270. The second-order valence-electron chi connectivity index (χ2n) is 6.28. The van der Waals surface area contributed by atoms with Gasteiger partial charge in [-0.15, -0.1) is 0 Å². The van der Waals surface area contributed by atoms with Crippen LogP contribution in [-0.2, 0) is 0 Å². The van der Waals surface area contributed by atoms with E-state index in [9.17, 15) is 4.79 Å². The van der Waals surface area contributed by atoms with Crippen molar-refractivity contribution in [2.45, 2.75) is 65.8 Å². The average Bonchev–Trinajstić information content (AvgIpc) is 2.38. The number of amides is 1. The maximum absolute atomic E-state index is 12.3. The van der Waals surface area contributed by atoms with Crippen molar-refractivity contribution in [3.8, 4) is 0 Å². The number of carbonyl (C=O) groups is 1. The second-order valence-corrected chi connectivity index (χ2v) is 6.69. The van der Waals surface area contributed by atoms with Gasteiger partial charge < -0.3 is 5.32 Å². The summed E-state index contributed by atoms with van der Waals surface area (Å²) in [7, 11) is 0. The van der Waals surface area contributed by atoms with E-state index >= 15 is 0 Å². The van der Waals surface area contributed by atoms with E-state index in [4.69, 9.17) is 11.6 Å². The van der Waals surface area contributed by atoms with Crippen molar-refractivity contribution in [2.24, 2.45) is 5.92 Å². The molecule has 1 aromatic heterocycles. The average molecular weight is 312 g/mol. The number of nitrogens with zero attached hydrogens (tertiary/aromatic N) is 2. The molecule has 0 aliphatic rings. The third kappa shape index (κ3) is 6.00. The fourth-order valence-corrected chi connectivity index (χ4v) is 2.19. The lowest BCUT2D eigenvalue weighted by Crippen LogP contribution is -2.33. The van der Waals surface area contributed by atoms with E-state index in [1.807, 2.05) is 20.8 Å². The molecule has 1 rings (SSSR count). The lowest BCUT2D eigenvalue weighted by Gasteiger charge is -2.15. The van der Waals surface area contributed by atoms with Crippen molar-refractivity contribution in [3.63, 3.8) is 0 Å². The predicted octanol–water partition coefficient (Wildman–Crippen LogP) is 4.20. The Morgan fingerprint density at radius 2 is 1.90 bits per heavy atom. The van der Waals surface area contributed by atoms with Crippen LogP contribution in [0.3, 0.4) is 0 Å². The van der Waals surface area contributed by atoms with E-state index in [-0.39, 0.29) is 23.6 Å². The Morgan fingerprint density at radius 1 is 1.24 bits per heavy atom. The zero-order valence-corrected chi connectivity index (χ0v) is 14.4. The molecule has 1 N–H and O–H groups in total. The highest BCUT2D eigenvalue weighted by Gasteiger charge is 2.17. The van der Waals surface area contributed by atoms with E-state index in [0.29, 0.717) is 16.8 Å². The molecule has 0 saturated heterocycles. The number of aromatic nitrogens is 2. The molecule has 0 spiro atoms. The Bertz CT molecular complexity index is 475. The first-order valence-electron chi connectivity index (χ1n) is 7.64. The smallest absolute Gasteiger partial charge is 0.271 e. The normalized spacial score (nSPS) is 12.8. The Morgan fingerprint density at radius 3 is 2.48 bits per heavy atom. The van der Waals surface area contributed by atoms with Crippen LogP contribution in [0.15, 0.2) is 6.20 Å². The molecule has 4 nitrogen and oxygen atoms in total. The van der Waals surface area contributed by atoms with Gasteiger partial charge in [-0.3, -0.25) is 4.79 Å². The fraction of sp³-hybridized carbons (Fsp3) is 0.688. The Balaban J connectivity index is 2.64. The van der Waals surface area contributed by atoms with E-state index in [1.165, 1.54) is 12.6 Å². The minimum Gasteiger partial charge on any atom is -0.348 e. The van der Waals surface area contributed by atoms with Gasteiger partial charge in [-0.25, -0.2) is 9.97 Å². The van der Waals surface area contributed by atoms with Crippen LogP contribution in [-0.4, -0.2) is 21.9 Å². The van der Waals surface area contributed by atoms with Crippen LogP contribution >= 0.6 is 11.6 Å². The zero-order chi connectivity index (χ0) is 16.0. The molecule has 1 unspecified atom stereocenters. The molecule has 0 aliphatic carbocycles. The highest BCUT2D eigenvalue weighted by molar-refractivity contribution is 6.33. The second kappa shape index (κ2) is 8.32. The molecule has 0 saturated carbocycles. The Hall–Kier alpha value is -1.16. The zero-order valence-electron chi connectivity index (χ0n) is 13.6. The first kappa shape index (κ1) is 17.9. The third-order valence-electron chi connectivity index (χ3n) is 3.29. The van der Waals surface area contributed by atoms with Gasteiger partial charge in [-0.2, -0.15) is 0 Å². The van der Waals surface area contributed by atoms with Gasteiger partial charge in [0.05, 0.1) is 11.2 Å². The van der Waals surface area contributed by atoms with Crippen LogP contribution in [0.25, 0.3) is 0 Å². The van der Waals surface area contributed by atoms with E-state index in [2.05, 4.69) is 29.1 Å². The number of nitrogens with one attached hydrogen (secondary N) is 1. The highest BCUT2D eigenvalue weighted by Crippen LogP contribution is 2.17. The first-order chi connectivity index (χ1) is 9.81. The van der Waals surface area contributed by atoms with Gasteiger partial charge in [0.2, 0.25) is 0 Å². The lowest BCUT2D eigenvalue weighted by atomic mass is 10.0. The van der Waals surface area contributed by atoms with Crippen molar-refractivity contribution in [1.82, 2.24) is 15.3 Å². The molecule has 1 atom stereocenters. The predicted molar refractivity (Wildman–Crippen MR) is 86.7 cm³/mol. The minimum atomic E-state index is -0.221. The third-order valence-corrected chi connectivity index (χ3v) is 3.57. The van der Waals surface area contributed by atoms with E-state index < -0.39 is 0 Å². The Kier molecular flexibility index (Phi) is 7.09. The summed E-state index contributed by atoms with van der Waals surface area (Å²) in [6.45, 7) is 10.4. The van der Waals surface area contributed by atoms with Gasteiger partial charge in [0.25, 0.3) is 5.91 Å². The van der Waals surface area contributed by atoms with Crippen molar-refractivity contribution >= 4 is 17.5 Å². The minimum absolute atomic E-state index is 0.116. The molecule has 0 aliphatic heterocycles. The summed E-state index contributed by atoms with van der Waals surface area (Å²) >= 11 is 6.04. The molecular weight excluding hydrogens is 286 g/mol. The van der Waals surface area contributed by atoms with Crippen molar-refractivity contribution in [1.29, 1.82) is 0 Å². The van der Waals surface area contributed by atoms with E-state index in [0.717, 1.165) is 12.8 Å². The van der Waals surface area contributed by atoms with Crippen LogP contribution in [0.2, 0.25) is 5.02 Å². The van der Waals surface area contributed by atoms with Gasteiger partial charge in [0.1, 0.15) is 11.5 Å². The maximum atomic E-state index is 12.3. The van der Waals surface area contributed by atoms with Crippen molar-refractivity contribution in [3.05, 3.63) is 22.7 Å². The largest absolute Gasteiger partial charge is 0.348 e. The molecule has 0 aromatic carbocycles. The molecule has 0 bridgehead atoms. The molecule has 118 valence electrons. The first-order valence-corrected chi connectivity index (χ1v) is 8.02. The van der Waals surface area contributed by atoms with Gasteiger partial charge >= 0.3 is 0 Å². The quantitative estimate of drug-likeness (QED) is 0.821.